The van der Waals surface area contributed by atoms with Gasteiger partial charge in [-0.15, -0.1) is 0 Å². The summed E-state index contributed by atoms with van der Waals surface area (Å²) in [6, 6.07) is 7.68. The number of carboxylic acids is 1. The molecule has 2 N–H and O–H groups in total. The molecule has 4 rings (SSSR count). The summed E-state index contributed by atoms with van der Waals surface area (Å²) in [6.45, 7) is 0. The average molecular weight is 384 g/mol. The predicted octanol–water partition coefficient (Wildman–Crippen LogP) is 4.87. The Labute approximate surface area is 159 Å². The maximum atomic E-state index is 14.3. The molecule has 27 heavy (non-hydrogen) atoms. The molecule has 0 fully saturated rings. The second-order valence-electron chi connectivity index (χ2n) is 6.31. The Morgan fingerprint density at radius 2 is 2.04 bits per heavy atom. The van der Waals surface area contributed by atoms with Gasteiger partial charge in [-0.25, -0.2) is 9.18 Å². The molecule has 5 nitrogen and oxygen atoms in total. The number of carbonyl (C=O) groups is 1. The zero-order valence-corrected chi connectivity index (χ0v) is 14.9. The van der Waals surface area contributed by atoms with Crippen molar-refractivity contribution in [2.75, 3.05) is 5.32 Å². The number of rotatable bonds is 4. The molecule has 2 heterocycles. The van der Waals surface area contributed by atoms with E-state index < -0.39 is 11.8 Å². The monoisotopic (exact) mass is 383 g/mol. The van der Waals surface area contributed by atoms with E-state index in [0.29, 0.717) is 22.0 Å². The minimum absolute atomic E-state index is 0.0662. The van der Waals surface area contributed by atoms with E-state index in [0.717, 1.165) is 36.2 Å². The van der Waals surface area contributed by atoms with Crippen molar-refractivity contribution < 1.29 is 14.3 Å². The van der Waals surface area contributed by atoms with Crippen molar-refractivity contribution in [2.24, 2.45) is 0 Å². The number of aromatic nitrogens is 2. The third-order valence-electron chi connectivity index (χ3n) is 4.58. The van der Waals surface area contributed by atoms with Gasteiger partial charge >= 0.3 is 5.97 Å². The van der Waals surface area contributed by atoms with Crippen molar-refractivity contribution in [3.8, 4) is 11.3 Å². The molecule has 0 atom stereocenters. The number of carboxylic acid groups (broad SMARTS) is 1. The van der Waals surface area contributed by atoms with Crippen LogP contribution in [-0.2, 0) is 12.8 Å². The standard InChI is InChI=1S/C20H15ClFN3O2/c21-11-4-5-15(22)13(8-11)19-9-18(12-2-1-3-16(12)24-19)25-17-6-7-23-10-14(17)20(26)27/h4-10H,1-3H2,(H,26,27)(H,23,24,25). The number of pyridine rings is 2. The Morgan fingerprint density at radius 1 is 1.19 bits per heavy atom. The van der Waals surface area contributed by atoms with Crippen LogP contribution in [0, 0.1) is 5.82 Å². The van der Waals surface area contributed by atoms with Crippen LogP contribution in [0.5, 0.6) is 0 Å². The fourth-order valence-electron chi connectivity index (χ4n) is 3.31. The van der Waals surface area contributed by atoms with Crippen LogP contribution in [0.15, 0.2) is 42.7 Å². The minimum Gasteiger partial charge on any atom is -0.478 e. The Kier molecular flexibility index (Phi) is 4.49. The molecule has 7 heteroatoms. The summed E-state index contributed by atoms with van der Waals surface area (Å²) in [7, 11) is 0. The van der Waals surface area contributed by atoms with Crippen molar-refractivity contribution in [3.05, 3.63) is 70.4 Å². The first-order chi connectivity index (χ1) is 13.0. The molecule has 1 aromatic carbocycles. The molecule has 0 bridgehead atoms. The fraction of sp³-hybridized carbons (Fsp3) is 0.150. The summed E-state index contributed by atoms with van der Waals surface area (Å²) in [5.74, 6) is -1.48. The number of nitrogens with zero attached hydrogens (tertiary/aromatic N) is 2. The molecule has 1 aliphatic carbocycles. The number of aromatic carboxylic acids is 1. The van der Waals surface area contributed by atoms with Gasteiger partial charge in [-0.1, -0.05) is 11.6 Å². The highest BCUT2D eigenvalue weighted by molar-refractivity contribution is 6.30. The van der Waals surface area contributed by atoms with Gasteiger partial charge < -0.3 is 10.4 Å². The molecule has 0 amide bonds. The topological polar surface area (TPSA) is 75.1 Å². The molecule has 2 aromatic heterocycles. The third-order valence-corrected chi connectivity index (χ3v) is 4.81. The van der Waals surface area contributed by atoms with Gasteiger partial charge in [0.1, 0.15) is 11.4 Å². The molecule has 0 radical (unpaired) electrons. The molecule has 0 saturated heterocycles. The lowest BCUT2D eigenvalue weighted by molar-refractivity contribution is 0.0697. The van der Waals surface area contributed by atoms with Gasteiger partial charge in [0.2, 0.25) is 0 Å². The Hall–Kier alpha value is -2.99. The second kappa shape index (κ2) is 6.96. The van der Waals surface area contributed by atoms with Crippen molar-refractivity contribution >= 4 is 28.9 Å². The zero-order chi connectivity index (χ0) is 19.0. The predicted molar refractivity (Wildman–Crippen MR) is 101 cm³/mol. The maximum absolute atomic E-state index is 14.3. The molecular weight excluding hydrogens is 369 g/mol. The number of fused-ring (bicyclic) bond motifs is 1. The molecular formula is C20H15ClFN3O2. The number of nitrogens with one attached hydrogen (secondary N) is 1. The van der Waals surface area contributed by atoms with Crippen molar-refractivity contribution in [2.45, 2.75) is 19.3 Å². The van der Waals surface area contributed by atoms with Gasteiger partial charge in [0.15, 0.2) is 0 Å². The van der Waals surface area contributed by atoms with E-state index in [9.17, 15) is 14.3 Å². The van der Waals surface area contributed by atoms with E-state index in [1.54, 1.807) is 18.2 Å². The highest BCUT2D eigenvalue weighted by Gasteiger charge is 2.21. The van der Waals surface area contributed by atoms with Crippen LogP contribution in [0.2, 0.25) is 5.02 Å². The summed E-state index contributed by atoms with van der Waals surface area (Å²) >= 11 is 6.03. The lowest BCUT2D eigenvalue weighted by Gasteiger charge is -2.15. The van der Waals surface area contributed by atoms with Crippen LogP contribution in [0.4, 0.5) is 15.8 Å². The average Bonchev–Trinajstić information content (AvgIpc) is 3.13. The van der Waals surface area contributed by atoms with Crippen LogP contribution < -0.4 is 5.32 Å². The Bertz CT molecular complexity index is 1060. The van der Waals surface area contributed by atoms with Gasteiger partial charge in [-0.3, -0.25) is 9.97 Å². The van der Waals surface area contributed by atoms with E-state index in [-0.39, 0.29) is 5.56 Å². The SMILES string of the molecule is O=C(O)c1cnccc1Nc1cc(-c2cc(Cl)ccc2F)nc2c1CCC2. The number of aryl methyl sites for hydroxylation is 1. The Balaban J connectivity index is 1.83. The van der Waals surface area contributed by atoms with E-state index in [1.807, 2.05) is 0 Å². The molecule has 0 spiro atoms. The molecule has 0 unspecified atom stereocenters. The van der Waals surface area contributed by atoms with Crippen LogP contribution in [-0.4, -0.2) is 21.0 Å². The lowest BCUT2D eigenvalue weighted by Crippen LogP contribution is -2.06. The van der Waals surface area contributed by atoms with Crippen molar-refractivity contribution in [3.63, 3.8) is 0 Å². The summed E-state index contributed by atoms with van der Waals surface area (Å²) in [5.41, 5.74) is 3.90. The molecule has 1 aliphatic rings. The van der Waals surface area contributed by atoms with Gasteiger partial charge in [0.25, 0.3) is 0 Å². The number of benzene rings is 1. The number of halogens is 2. The zero-order valence-electron chi connectivity index (χ0n) is 14.2. The van der Waals surface area contributed by atoms with Gasteiger partial charge in [-0.2, -0.15) is 0 Å². The first-order valence-electron chi connectivity index (χ1n) is 8.45. The van der Waals surface area contributed by atoms with E-state index >= 15 is 0 Å². The first-order valence-corrected chi connectivity index (χ1v) is 8.83. The third kappa shape index (κ3) is 3.36. The maximum Gasteiger partial charge on any atom is 0.339 e. The molecule has 136 valence electrons. The van der Waals surface area contributed by atoms with Gasteiger partial charge in [0.05, 0.1) is 11.4 Å². The Morgan fingerprint density at radius 3 is 2.85 bits per heavy atom. The highest BCUT2D eigenvalue weighted by Crippen LogP contribution is 2.35. The van der Waals surface area contributed by atoms with Crippen molar-refractivity contribution in [1.82, 2.24) is 9.97 Å². The lowest BCUT2D eigenvalue weighted by atomic mass is 10.1. The number of hydrogen-bond acceptors (Lipinski definition) is 4. The molecule has 0 saturated carbocycles. The smallest absolute Gasteiger partial charge is 0.339 e. The number of anilines is 2. The molecule has 0 aliphatic heterocycles. The number of hydrogen-bond donors (Lipinski definition) is 2. The van der Waals surface area contributed by atoms with E-state index in [2.05, 4.69) is 15.3 Å². The highest BCUT2D eigenvalue weighted by atomic mass is 35.5. The van der Waals surface area contributed by atoms with E-state index in [4.69, 9.17) is 11.6 Å². The fourth-order valence-corrected chi connectivity index (χ4v) is 3.48. The van der Waals surface area contributed by atoms with E-state index in [1.165, 1.54) is 24.5 Å². The second-order valence-corrected chi connectivity index (χ2v) is 6.75. The van der Waals surface area contributed by atoms with Crippen LogP contribution >= 0.6 is 11.6 Å². The normalized spacial score (nSPS) is 12.7. The molecule has 3 aromatic rings. The quantitative estimate of drug-likeness (QED) is 0.672. The van der Waals surface area contributed by atoms with Crippen LogP contribution in [0.25, 0.3) is 11.3 Å². The van der Waals surface area contributed by atoms with Gasteiger partial charge in [0, 0.05) is 34.4 Å². The van der Waals surface area contributed by atoms with Crippen LogP contribution in [0.3, 0.4) is 0 Å². The van der Waals surface area contributed by atoms with Gasteiger partial charge in [-0.05, 0) is 55.2 Å². The summed E-state index contributed by atoms with van der Waals surface area (Å²) in [6.07, 6.45) is 5.39. The van der Waals surface area contributed by atoms with Crippen LogP contribution in [0.1, 0.15) is 28.0 Å². The summed E-state index contributed by atoms with van der Waals surface area (Å²) in [5, 5.41) is 13.0. The largest absolute Gasteiger partial charge is 0.478 e. The minimum atomic E-state index is -1.07. The summed E-state index contributed by atoms with van der Waals surface area (Å²) in [4.78, 5) is 19.9. The first kappa shape index (κ1) is 17.4. The summed E-state index contributed by atoms with van der Waals surface area (Å²) < 4.78 is 14.3. The van der Waals surface area contributed by atoms with Crippen molar-refractivity contribution in [1.29, 1.82) is 0 Å².